The Morgan fingerprint density at radius 1 is 1.16 bits per heavy atom. The predicted molar refractivity (Wildman–Crippen MR) is 99.0 cm³/mol. The molecule has 1 N–H and O–H groups in total. The second kappa shape index (κ2) is 7.81. The van der Waals surface area contributed by atoms with Gasteiger partial charge in [0.15, 0.2) is 5.17 Å². The Morgan fingerprint density at radius 3 is 2.56 bits per heavy atom. The third kappa shape index (κ3) is 4.81. The van der Waals surface area contributed by atoms with E-state index in [0.717, 1.165) is 28.6 Å². The number of carbonyl (C=O) groups is 2. The van der Waals surface area contributed by atoms with Crippen LogP contribution in [0.3, 0.4) is 0 Å². The summed E-state index contributed by atoms with van der Waals surface area (Å²) in [7, 11) is 0. The van der Waals surface area contributed by atoms with Gasteiger partial charge >= 0.3 is 0 Å². The van der Waals surface area contributed by atoms with Gasteiger partial charge in [-0.15, -0.1) is 0 Å². The van der Waals surface area contributed by atoms with Gasteiger partial charge < -0.3 is 10.1 Å². The van der Waals surface area contributed by atoms with Crippen LogP contribution >= 0.6 is 11.8 Å². The molecule has 2 aromatic rings. The summed E-state index contributed by atoms with van der Waals surface area (Å²) in [5.41, 5.74) is 1.96. The molecule has 6 heteroatoms. The summed E-state index contributed by atoms with van der Waals surface area (Å²) < 4.78 is 5.74. The van der Waals surface area contributed by atoms with Crippen LogP contribution in [0.15, 0.2) is 64.5 Å². The Morgan fingerprint density at radius 2 is 1.88 bits per heavy atom. The third-order valence-corrected chi connectivity index (χ3v) is 4.23. The van der Waals surface area contributed by atoms with E-state index in [1.165, 1.54) is 6.92 Å². The predicted octanol–water partition coefficient (Wildman–Crippen LogP) is 3.37. The first kappa shape index (κ1) is 17.0. The molecular weight excluding hydrogens is 336 g/mol. The zero-order valence-corrected chi connectivity index (χ0v) is 14.4. The number of thioether (sulfide) groups is 1. The maximum atomic E-state index is 11.8. The average molecular weight is 352 g/mol. The molecule has 0 spiro atoms. The number of rotatable bonds is 4. The third-order valence-electron chi connectivity index (χ3n) is 3.33. The number of nitrogens with zero attached hydrogens (tertiary/aromatic N) is 1. The summed E-state index contributed by atoms with van der Waals surface area (Å²) in [6.45, 7) is 1.88. The largest absolute Gasteiger partial charge is 0.489 e. The molecule has 0 radical (unpaired) electrons. The molecule has 1 heterocycles. The minimum absolute atomic E-state index is 0.250. The van der Waals surface area contributed by atoms with E-state index in [-0.39, 0.29) is 11.8 Å². The van der Waals surface area contributed by atoms with E-state index < -0.39 is 0 Å². The highest BCUT2D eigenvalue weighted by molar-refractivity contribution is 8.18. The van der Waals surface area contributed by atoms with Crippen LogP contribution in [-0.2, 0) is 16.2 Å². The van der Waals surface area contributed by atoms with E-state index in [2.05, 4.69) is 10.3 Å². The van der Waals surface area contributed by atoms with Crippen molar-refractivity contribution in [3.8, 4) is 5.75 Å². The van der Waals surface area contributed by atoms with Gasteiger partial charge in [-0.25, -0.2) is 0 Å². The zero-order valence-electron chi connectivity index (χ0n) is 13.6. The number of hydrogen-bond acceptors (Lipinski definition) is 4. The summed E-state index contributed by atoms with van der Waals surface area (Å²) in [6.07, 6.45) is 1.74. The van der Waals surface area contributed by atoms with E-state index in [0.29, 0.717) is 16.7 Å². The fourth-order valence-electron chi connectivity index (χ4n) is 2.17. The molecule has 126 valence electrons. The van der Waals surface area contributed by atoms with Gasteiger partial charge in [0.2, 0.25) is 5.91 Å². The second-order valence-electron chi connectivity index (χ2n) is 5.36. The van der Waals surface area contributed by atoms with Crippen molar-refractivity contribution < 1.29 is 14.3 Å². The Labute approximate surface area is 149 Å². The maximum Gasteiger partial charge on any atom is 0.286 e. The molecule has 1 aliphatic heterocycles. The average Bonchev–Trinajstić information content (AvgIpc) is 2.93. The summed E-state index contributed by atoms with van der Waals surface area (Å²) in [4.78, 5) is 27.1. The highest BCUT2D eigenvalue weighted by Crippen LogP contribution is 2.28. The molecule has 1 aliphatic rings. The van der Waals surface area contributed by atoms with Gasteiger partial charge in [-0.3, -0.25) is 9.59 Å². The number of carbonyl (C=O) groups excluding carboxylic acids is 2. The van der Waals surface area contributed by atoms with Crippen molar-refractivity contribution in [3.63, 3.8) is 0 Å². The van der Waals surface area contributed by atoms with Crippen LogP contribution in [0.4, 0.5) is 0 Å². The van der Waals surface area contributed by atoms with Crippen LogP contribution in [0.2, 0.25) is 0 Å². The van der Waals surface area contributed by atoms with Crippen molar-refractivity contribution >= 4 is 34.8 Å². The normalized spacial score (nSPS) is 15.2. The van der Waals surface area contributed by atoms with E-state index in [1.54, 1.807) is 6.08 Å². The zero-order chi connectivity index (χ0) is 17.6. The van der Waals surface area contributed by atoms with Gasteiger partial charge in [0, 0.05) is 6.92 Å². The molecular formula is C19H16N2O3S. The lowest BCUT2D eigenvalue weighted by atomic mass is 10.2. The number of aliphatic imine (C=N–C) groups is 1. The second-order valence-corrected chi connectivity index (χ2v) is 6.39. The summed E-state index contributed by atoms with van der Waals surface area (Å²) in [5, 5.41) is 2.83. The number of nitrogens with one attached hydrogen (secondary N) is 1. The smallest absolute Gasteiger partial charge is 0.286 e. The van der Waals surface area contributed by atoms with Crippen molar-refractivity contribution in [1.82, 2.24) is 5.32 Å². The lowest BCUT2D eigenvalue weighted by molar-refractivity contribution is -0.117. The van der Waals surface area contributed by atoms with E-state index in [9.17, 15) is 9.59 Å². The van der Waals surface area contributed by atoms with E-state index in [1.807, 2.05) is 54.6 Å². The van der Waals surface area contributed by atoms with Crippen LogP contribution in [0.25, 0.3) is 6.08 Å². The molecule has 0 aromatic heterocycles. The molecule has 2 aromatic carbocycles. The Kier molecular flexibility index (Phi) is 5.30. The number of amides is 2. The molecule has 0 fully saturated rings. The molecule has 0 atom stereocenters. The number of benzene rings is 2. The summed E-state index contributed by atoms with van der Waals surface area (Å²) in [5.74, 6) is 0.157. The first-order chi connectivity index (χ1) is 12.1. The molecule has 25 heavy (non-hydrogen) atoms. The van der Waals surface area contributed by atoms with Crippen LogP contribution in [-0.4, -0.2) is 17.0 Å². The Hall–Kier alpha value is -2.86. The van der Waals surface area contributed by atoms with Crippen molar-refractivity contribution in [2.45, 2.75) is 13.5 Å². The fourth-order valence-corrected chi connectivity index (χ4v) is 3.03. The van der Waals surface area contributed by atoms with E-state index >= 15 is 0 Å². The molecule has 0 saturated carbocycles. The SMILES string of the molecule is CC(=O)NC1=NC(=O)/C(=C/c2ccc(OCc3ccccc3)cc2)S1. The number of hydrogen-bond donors (Lipinski definition) is 1. The fraction of sp³-hybridized carbons (Fsp3) is 0.105. The van der Waals surface area contributed by atoms with Crippen molar-refractivity contribution in [2.75, 3.05) is 0 Å². The van der Waals surface area contributed by atoms with Crippen LogP contribution in [0, 0.1) is 0 Å². The van der Waals surface area contributed by atoms with Crippen molar-refractivity contribution in [1.29, 1.82) is 0 Å². The first-order valence-electron chi connectivity index (χ1n) is 7.67. The van der Waals surface area contributed by atoms with Crippen LogP contribution in [0.1, 0.15) is 18.1 Å². The molecule has 0 saturated heterocycles. The molecule has 0 bridgehead atoms. The van der Waals surface area contributed by atoms with Gasteiger partial charge in [0.25, 0.3) is 5.91 Å². The number of amidine groups is 1. The van der Waals surface area contributed by atoms with Crippen molar-refractivity contribution in [2.24, 2.45) is 4.99 Å². The van der Waals surface area contributed by atoms with Crippen LogP contribution < -0.4 is 10.1 Å². The number of ether oxygens (including phenoxy) is 1. The van der Waals surface area contributed by atoms with Gasteiger partial charge in [-0.2, -0.15) is 4.99 Å². The maximum absolute atomic E-state index is 11.8. The first-order valence-corrected chi connectivity index (χ1v) is 8.49. The lowest BCUT2D eigenvalue weighted by Crippen LogP contribution is -2.23. The quantitative estimate of drug-likeness (QED) is 0.857. The standard InChI is InChI=1S/C19H16N2O3S/c1-13(22)20-19-21-18(23)17(25-19)11-14-7-9-16(10-8-14)24-12-15-5-3-2-4-6-15/h2-11H,12H2,1H3,(H,20,21,22,23)/b17-11-. The molecule has 3 rings (SSSR count). The van der Waals surface area contributed by atoms with Gasteiger partial charge in [-0.05, 0) is 41.1 Å². The van der Waals surface area contributed by atoms with Crippen LogP contribution in [0.5, 0.6) is 5.75 Å². The van der Waals surface area contributed by atoms with Gasteiger partial charge in [-0.1, -0.05) is 42.5 Å². The highest BCUT2D eigenvalue weighted by Gasteiger charge is 2.22. The van der Waals surface area contributed by atoms with E-state index in [4.69, 9.17) is 4.74 Å². The molecule has 0 unspecified atom stereocenters. The molecule has 5 nitrogen and oxygen atoms in total. The monoisotopic (exact) mass is 352 g/mol. The van der Waals surface area contributed by atoms with Gasteiger partial charge in [0.1, 0.15) is 12.4 Å². The highest BCUT2D eigenvalue weighted by atomic mass is 32.2. The minimum Gasteiger partial charge on any atom is -0.489 e. The Bertz CT molecular complexity index is 843. The summed E-state index contributed by atoms with van der Waals surface area (Å²) >= 11 is 1.15. The Balaban J connectivity index is 1.61. The minimum atomic E-state index is -0.349. The van der Waals surface area contributed by atoms with Gasteiger partial charge in [0.05, 0.1) is 4.91 Å². The van der Waals surface area contributed by atoms with Crippen molar-refractivity contribution in [3.05, 3.63) is 70.6 Å². The molecule has 2 amide bonds. The lowest BCUT2D eigenvalue weighted by Gasteiger charge is -2.06. The topological polar surface area (TPSA) is 67.8 Å². The summed E-state index contributed by atoms with van der Waals surface area (Å²) in [6, 6.07) is 17.4. The molecule has 0 aliphatic carbocycles.